The monoisotopic (exact) mass is 239 g/mol. The number of fused-ring (bicyclic) bond motifs is 5. The predicted molar refractivity (Wildman–Crippen MR) is 64.3 cm³/mol. The summed E-state index contributed by atoms with van der Waals surface area (Å²) in [4.78, 5) is 0. The van der Waals surface area contributed by atoms with Gasteiger partial charge in [-0.3, -0.25) is 0 Å². The first-order valence-corrected chi connectivity index (χ1v) is 5.89. The summed E-state index contributed by atoms with van der Waals surface area (Å²) >= 11 is 11.9. The van der Waals surface area contributed by atoms with Gasteiger partial charge in [0.1, 0.15) is 4.49 Å². The zero-order valence-electron chi connectivity index (χ0n) is 8.13. The molecule has 1 fully saturated rings. The largest absolute Gasteiger partial charge is 0.398 e. The molecule has 1 saturated carbocycles. The molecule has 2 aliphatic rings. The maximum atomic E-state index is 6.01. The van der Waals surface area contributed by atoms with Crippen molar-refractivity contribution in [2.24, 2.45) is 0 Å². The van der Waals surface area contributed by atoms with Crippen molar-refractivity contribution in [2.75, 3.05) is 5.73 Å². The first-order chi connectivity index (χ1) is 7.20. The van der Waals surface area contributed by atoms with Crippen LogP contribution in [0.4, 0.5) is 5.69 Å². The molecule has 0 spiro atoms. The van der Waals surface area contributed by atoms with Crippen molar-refractivity contribution in [1.82, 2.24) is 0 Å². The summed E-state index contributed by atoms with van der Waals surface area (Å²) < 4.78 is 0.443. The van der Waals surface area contributed by atoms with Gasteiger partial charge in [-0.15, -0.1) is 0 Å². The Balaban J connectivity index is 2.26. The number of nitrogen functional groups attached to an aromatic ring is 1. The van der Waals surface area contributed by atoms with Crippen molar-refractivity contribution in [2.45, 2.75) is 24.7 Å². The summed E-state index contributed by atoms with van der Waals surface area (Å²) in [6, 6.07) is 6.11. The quantitative estimate of drug-likeness (QED) is 0.683. The van der Waals surface area contributed by atoms with Gasteiger partial charge in [-0.05, 0) is 35.6 Å². The Hall–Kier alpha value is -0.660. The Kier molecular flexibility index (Phi) is 2.02. The number of benzene rings is 1. The SMILES string of the molecule is Nc1cccc2c1[C@@H]1CCC2C1=C(Cl)Cl. The summed E-state index contributed by atoms with van der Waals surface area (Å²) in [6.07, 6.45) is 2.28. The molecular weight excluding hydrogens is 229 g/mol. The highest BCUT2D eigenvalue weighted by Crippen LogP contribution is 2.60. The van der Waals surface area contributed by atoms with Gasteiger partial charge >= 0.3 is 0 Å². The maximum absolute atomic E-state index is 6.01. The smallest absolute Gasteiger partial charge is 0.107 e. The van der Waals surface area contributed by atoms with Crippen LogP contribution in [0.1, 0.15) is 35.8 Å². The summed E-state index contributed by atoms with van der Waals surface area (Å²) in [6.45, 7) is 0. The number of hydrogen-bond acceptors (Lipinski definition) is 1. The molecule has 0 saturated heterocycles. The highest BCUT2D eigenvalue weighted by atomic mass is 35.5. The van der Waals surface area contributed by atoms with E-state index >= 15 is 0 Å². The van der Waals surface area contributed by atoms with Crippen LogP contribution in [-0.2, 0) is 0 Å². The fourth-order valence-corrected chi connectivity index (χ4v) is 3.61. The van der Waals surface area contributed by atoms with Crippen molar-refractivity contribution >= 4 is 28.9 Å². The highest BCUT2D eigenvalue weighted by molar-refractivity contribution is 6.56. The van der Waals surface area contributed by atoms with Crippen LogP contribution in [0, 0.1) is 0 Å². The van der Waals surface area contributed by atoms with Crippen LogP contribution in [0.3, 0.4) is 0 Å². The van der Waals surface area contributed by atoms with E-state index in [0.29, 0.717) is 16.3 Å². The Bertz CT molecular complexity index is 461. The van der Waals surface area contributed by atoms with E-state index in [9.17, 15) is 0 Å². The Labute approximate surface area is 98.9 Å². The van der Waals surface area contributed by atoms with Gasteiger partial charge in [-0.2, -0.15) is 0 Å². The normalized spacial score (nSPS) is 26.9. The number of anilines is 1. The van der Waals surface area contributed by atoms with E-state index in [4.69, 9.17) is 28.9 Å². The minimum atomic E-state index is 0.371. The molecule has 0 aliphatic heterocycles. The third-order valence-electron chi connectivity index (χ3n) is 3.61. The van der Waals surface area contributed by atoms with Crippen molar-refractivity contribution in [3.63, 3.8) is 0 Å². The molecule has 0 aromatic heterocycles. The van der Waals surface area contributed by atoms with Gasteiger partial charge in [0.15, 0.2) is 0 Å². The van der Waals surface area contributed by atoms with E-state index in [0.717, 1.165) is 18.5 Å². The van der Waals surface area contributed by atoms with Crippen LogP contribution >= 0.6 is 23.2 Å². The summed E-state index contributed by atoms with van der Waals surface area (Å²) in [5.41, 5.74) is 10.7. The summed E-state index contributed by atoms with van der Waals surface area (Å²) in [5.74, 6) is 0.787. The average Bonchev–Trinajstić information content (AvgIpc) is 2.73. The number of allylic oxidation sites excluding steroid dienone is 1. The lowest BCUT2D eigenvalue weighted by atomic mass is 9.91. The van der Waals surface area contributed by atoms with Gasteiger partial charge < -0.3 is 5.73 Å². The van der Waals surface area contributed by atoms with Crippen LogP contribution in [-0.4, -0.2) is 0 Å². The molecule has 3 heteroatoms. The Morgan fingerprint density at radius 2 is 1.93 bits per heavy atom. The molecule has 2 N–H and O–H groups in total. The highest BCUT2D eigenvalue weighted by Gasteiger charge is 2.43. The summed E-state index contributed by atoms with van der Waals surface area (Å²) in [5, 5.41) is 0. The van der Waals surface area contributed by atoms with Crippen LogP contribution in [0.25, 0.3) is 0 Å². The van der Waals surface area contributed by atoms with Crippen LogP contribution in [0.2, 0.25) is 0 Å². The lowest BCUT2D eigenvalue weighted by molar-refractivity contribution is 0.719. The number of hydrogen-bond donors (Lipinski definition) is 1. The first kappa shape index (κ1) is 9.56. The van der Waals surface area contributed by atoms with E-state index in [1.54, 1.807) is 0 Å². The van der Waals surface area contributed by atoms with Gasteiger partial charge in [-0.25, -0.2) is 0 Å². The maximum Gasteiger partial charge on any atom is 0.107 e. The van der Waals surface area contributed by atoms with Crippen molar-refractivity contribution in [1.29, 1.82) is 0 Å². The molecule has 78 valence electrons. The molecule has 15 heavy (non-hydrogen) atoms. The second-order valence-corrected chi connectivity index (χ2v) is 5.20. The summed E-state index contributed by atoms with van der Waals surface area (Å²) in [7, 11) is 0. The third kappa shape index (κ3) is 1.17. The molecule has 0 radical (unpaired) electrons. The van der Waals surface area contributed by atoms with Crippen LogP contribution < -0.4 is 5.73 Å². The second-order valence-electron chi connectivity index (χ2n) is 4.25. The average molecular weight is 240 g/mol. The predicted octanol–water partition coefficient (Wildman–Crippen LogP) is 3.93. The van der Waals surface area contributed by atoms with Crippen LogP contribution in [0.5, 0.6) is 0 Å². The Morgan fingerprint density at radius 1 is 1.20 bits per heavy atom. The molecule has 1 aromatic rings. The first-order valence-electron chi connectivity index (χ1n) is 5.13. The number of nitrogens with two attached hydrogens (primary N) is 1. The molecule has 2 aliphatic carbocycles. The minimum Gasteiger partial charge on any atom is -0.398 e. The second kappa shape index (κ2) is 3.16. The van der Waals surface area contributed by atoms with E-state index in [-0.39, 0.29) is 0 Å². The molecule has 0 heterocycles. The Morgan fingerprint density at radius 3 is 2.60 bits per heavy atom. The van der Waals surface area contributed by atoms with Gasteiger partial charge in [0, 0.05) is 17.5 Å². The van der Waals surface area contributed by atoms with Crippen molar-refractivity contribution in [3.05, 3.63) is 39.4 Å². The zero-order chi connectivity index (χ0) is 10.6. The van der Waals surface area contributed by atoms with Gasteiger partial charge in [0.25, 0.3) is 0 Å². The standard InChI is InChI=1S/C12H11Cl2N/c13-12(14)11-7-4-5-8(11)10-6(7)2-1-3-9(10)15/h1-3,7-8H,4-5,15H2/t7?,8-/m0/s1. The zero-order valence-corrected chi connectivity index (χ0v) is 9.65. The van der Waals surface area contributed by atoms with Crippen molar-refractivity contribution in [3.8, 4) is 0 Å². The van der Waals surface area contributed by atoms with Crippen molar-refractivity contribution < 1.29 is 0 Å². The van der Waals surface area contributed by atoms with E-state index in [1.165, 1.54) is 16.7 Å². The van der Waals surface area contributed by atoms with Crippen LogP contribution in [0.15, 0.2) is 28.3 Å². The molecular formula is C12H11Cl2N. The molecule has 1 unspecified atom stereocenters. The lowest BCUT2D eigenvalue weighted by Gasteiger charge is -2.15. The van der Waals surface area contributed by atoms with Gasteiger partial charge in [0.2, 0.25) is 0 Å². The molecule has 0 amide bonds. The minimum absolute atomic E-state index is 0.371. The third-order valence-corrected chi connectivity index (χ3v) is 4.05. The van der Waals surface area contributed by atoms with E-state index in [1.807, 2.05) is 12.1 Å². The van der Waals surface area contributed by atoms with Gasteiger partial charge in [0.05, 0.1) is 0 Å². The molecule has 1 aromatic carbocycles. The number of halogens is 2. The topological polar surface area (TPSA) is 26.0 Å². The van der Waals surface area contributed by atoms with Gasteiger partial charge in [-0.1, -0.05) is 35.3 Å². The molecule has 2 bridgehead atoms. The number of rotatable bonds is 0. The van der Waals surface area contributed by atoms with E-state index in [2.05, 4.69) is 6.07 Å². The fraction of sp³-hybridized carbons (Fsp3) is 0.333. The molecule has 3 rings (SSSR count). The lowest BCUT2D eigenvalue weighted by Crippen LogP contribution is -2.01. The molecule has 1 nitrogen and oxygen atoms in total. The van der Waals surface area contributed by atoms with E-state index < -0.39 is 0 Å². The molecule has 2 atom stereocenters. The fourth-order valence-electron chi connectivity index (χ4n) is 3.08.